The molecule has 1 fully saturated rings. The van der Waals surface area contributed by atoms with Crippen LogP contribution in [0.4, 0.5) is 0 Å². The summed E-state index contributed by atoms with van der Waals surface area (Å²) in [5.41, 5.74) is 8.28. The van der Waals surface area contributed by atoms with Crippen molar-refractivity contribution in [2.75, 3.05) is 13.1 Å². The first kappa shape index (κ1) is 32.4. The topological polar surface area (TPSA) is 126 Å². The van der Waals surface area contributed by atoms with Gasteiger partial charge in [-0.3, -0.25) is 9.69 Å². The van der Waals surface area contributed by atoms with E-state index in [1.807, 2.05) is 62.5 Å². The summed E-state index contributed by atoms with van der Waals surface area (Å²) in [5.74, 6) is 0.874. The molecular weight excluding hydrogens is 560 g/mol. The number of hydrogen-bond acceptors (Lipinski definition) is 8. The maximum Gasteiger partial charge on any atom is 0.310 e. The third kappa shape index (κ3) is 9.23. The molecular formula is C34H44N4O4S. The van der Waals surface area contributed by atoms with E-state index in [4.69, 9.17) is 10.3 Å². The van der Waals surface area contributed by atoms with Crippen LogP contribution < -0.4 is 5.73 Å². The molecule has 3 heterocycles. The van der Waals surface area contributed by atoms with Crippen LogP contribution in [0.25, 0.3) is 22.8 Å². The Morgan fingerprint density at radius 1 is 1.09 bits per heavy atom. The van der Waals surface area contributed by atoms with Crippen molar-refractivity contribution in [3.8, 4) is 28.6 Å². The molecule has 0 spiro atoms. The van der Waals surface area contributed by atoms with Crippen molar-refractivity contribution >= 4 is 17.3 Å². The minimum absolute atomic E-state index is 0. The Morgan fingerprint density at radius 3 is 2.30 bits per heavy atom. The Bertz CT molecular complexity index is 1460. The normalized spacial score (nSPS) is 15.2. The monoisotopic (exact) mass is 604 g/mol. The lowest BCUT2D eigenvalue weighted by Crippen LogP contribution is -2.45. The zero-order chi connectivity index (χ0) is 31.2. The Kier molecular flexibility index (Phi) is 10.4. The number of thiophene rings is 1. The summed E-state index contributed by atoms with van der Waals surface area (Å²) >= 11 is 1.63. The van der Waals surface area contributed by atoms with Crippen LogP contribution in [0.5, 0.6) is 5.75 Å². The number of phenols is 1. The zero-order valence-corrected chi connectivity index (χ0v) is 26.7. The number of nitrogens with zero attached hydrogens (tertiary/aromatic N) is 3. The molecule has 1 saturated heterocycles. The summed E-state index contributed by atoms with van der Waals surface area (Å²) in [5, 5.41) is 26.5. The van der Waals surface area contributed by atoms with E-state index in [2.05, 4.69) is 41.0 Å². The summed E-state index contributed by atoms with van der Waals surface area (Å²) in [6.07, 6.45) is 2.72. The van der Waals surface area contributed by atoms with E-state index < -0.39 is 11.4 Å². The summed E-state index contributed by atoms with van der Waals surface area (Å²) in [6, 6.07) is 17.6. The molecule has 2 aromatic carbocycles. The van der Waals surface area contributed by atoms with Crippen LogP contribution in [0.15, 0.2) is 64.5 Å². The molecule has 0 aliphatic carbocycles. The highest BCUT2D eigenvalue weighted by Crippen LogP contribution is 2.37. The van der Waals surface area contributed by atoms with E-state index in [9.17, 15) is 15.0 Å². The third-order valence-corrected chi connectivity index (χ3v) is 8.24. The summed E-state index contributed by atoms with van der Waals surface area (Å²) in [7, 11) is 0. The molecule has 0 amide bonds. The SMILES string of the molecule is CC(C)(C)N.CC(C)Cc1ccc(-c2nc(-c3ccc(CN4CCC(Cc5cccs5)(C(=O)O)CC4)cc3)no2)cc1O. The van der Waals surface area contributed by atoms with Gasteiger partial charge in [-0.05, 0) is 100 Å². The van der Waals surface area contributed by atoms with E-state index in [0.717, 1.165) is 47.6 Å². The Hall–Kier alpha value is -3.53. The van der Waals surface area contributed by atoms with Gasteiger partial charge in [0.25, 0.3) is 5.89 Å². The molecule has 2 aromatic heterocycles. The quantitative estimate of drug-likeness (QED) is 0.186. The van der Waals surface area contributed by atoms with Crippen LogP contribution in [-0.2, 0) is 24.2 Å². The molecule has 1 aliphatic rings. The predicted molar refractivity (Wildman–Crippen MR) is 172 cm³/mol. The summed E-state index contributed by atoms with van der Waals surface area (Å²) in [4.78, 5) is 20.2. The maximum absolute atomic E-state index is 12.2. The van der Waals surface area contributed by atoms with Gasteiger partial charge < -0.3 is 20.5 Å². The van der Waals surface area contributed by atoms with Crippen molar-refractivity contribution in [3.05, 3.63) is 76.0 Å². The number of hydrogen-bond donors (Lipinski definition) is 3. The molecule has 4 N–H and O–H groups in total. The smallest absolute Gasteiger partial charge is 0.310 e. The van der Waals surface area contributed by atoms with Crippen LogP contribution >= 0.6 is 11.3 Å². The molecule has 4 aromatic rings. The Balaban J connectivity index is 0.000000782. The van der Waals surface area contributed by atoms with Crippen LogP contribution in [-0.4, -0.2) is 49.9 Å². The van der Waals surface area contributed by atoms with Gasteiger partial charge in [-0.2, -0.15) is 4.98 Å². The average Bonchev–Trinajstić information content (AvgIpc) is 3.63. The van der Waals surface area contributed by atoms with Gasteiger partial charge in [-0.25, -0.2) is 0 Å². The van der Waals surface area contributed by atoms with Crippen molar-refractivity contribution in [3.63, 3.8) is 0 Å². The largest absolute Gasteiger partial charge is 0.508 e. The van der Waals surface area contributed by atoms with Gasteiger partial charge in [-0.1, -0.05) is 55.4 Å². The average molecular weight is 605 g/mol. The number of phenolic OH excluding ortho intramolecular Hbond substituents is 1. The number of aromatic nitrogens is 2. The van der Waals surface area contributed by atoms with E-state index in [1.165, 1.54) is 0 Å². The van der Waals surface area contributed by atoms with Gasteiger partial charge in [-0.15, -0.1) is 11.3 Å². The molecule has 43 heavy (non-hydrogen) atoms. The van der Waals surface area contributed by atoms with E-state index >= 15 is 0 Å². The fourth-order valence-corrected chi connectivity index (χ4v) is 5.99. The number of rotatable bonds is 9. The second kappa shape index (κ2) is 13.8. The maximum atomic E-state index is 12.2. The predicted octanol–water partition coefficient (Wildman–Crippen LogP) is 7.02. The van der Waals surface area contributed by atoms with Crippen molar-refractivity contribution in [1.82, 2.24) is 15.0 Å². The lowest BCUT2D eigenvalue weighted by molar-refractivity contribution is -0.152. The molecule has 230 valence electrons. The summed E-state index contributed by atoms with van der Waals surface area (Å²) in [6.45, 7) is 12.4. The molecule has 0 unspecified atom stereocenters. The van der Waals surface area contributed by atoms with E-state index in [-0.39, 0.29) is 11.3 Å². The third-order valence-electron chi connectivity index (χ3n) is 7.36. The number of carboxylic acids is 1. The highest BCUT2D eigenvalue weighted by molar-refractivity contribution is 7.09. The molecule has 5 rings (SSSR count). The van der Waals surface area contributed by atoms with Gasteiger partial charge in [0.15, 0.2) is 0 Å². The zero-order valence-electron chi connectivity index (χ0n) is 25.8. The van der Waals surface area contributed by atoms with Crippen LogP contribution in [0.1, 0.15) is 63.5 Å². The minimum atomic E-state index is -0.684. The molecule has 0 radical (unpaired) electrons. The van der Waals surface area contributed by atoms with Crippen molar-refractivity contribution < 1.29 is 19.5 Å². The minimum Gasteiger partial charge on any atom is -0.508 e. The molecule has 9 heteroatoms. The van der Waals surface area contributed by atoms with Crippen molar-refractivity contribution in [2.45, 2.75) is 72.4 Å². The van der Waals surface area contributed by atoms with E-state index in [1.54, 1.807) is 17.4 Å². The second-order valence-corrected chi connectivity index (χ2v) is 14.1. The standard InChI is InChI=1S/C30H33N3O4S.C4H11N/c1-20(2)16-23-9-10-24(17-26(23)34)28-31-27(32-37-28)22-7-5-21(6-8-22)19-33-13-11-30(12-14-33,29(35)36)18-25-4-3-15-38-25;1-4(2,3)5/h3-10,15,17,20,34H,11-14,16,18-19H2,1-2H3,(H,35,36);5H2,1-3H3. The van der Waals surface area contributed by atoms with Gasteiger partial charge in [0, 0.05) is 28.1 Å². The molecule has 1 aliphatic heterocycles. The van der Waals surface area contributed by atoms with Gasteiger partial charge in [0.05, 0.1) is 5.41 Å². The van der Waals surface area contributed by atoms with Gasteiger partial charge in [0.1, 0.15) is 5.75 Å². The number of piperidine rings is 1. The number of likely N-dealkylation sites (tertiary alicyclic amines) is 1. The first-order valence-corrected chi connectivity index (χ1v) is 15.7. The number of benzene rings is 2. The molecule has 0 atom stereocenters. The van der Waals surface area contributed by atoms with Gasteiger partial charge >= 0.3 is 5.97 Å². The highest BCUT2D eigenvalue weighted by atomic mass is 32.1. The van der Waals surface area contributed by atoms with Crippen LogP contribution in [0.3, 0.4) is 0 Å². The van der Waals surface area contributed by atoms with Crippen molar-refractivity contribution in [2.24, 2.45) is 17.1 Å². The van der Waals surface area contributed by atoms with Crippen molar-refractivity contribution in [1.29, 1.82) is 0 Å². The fraction of sp³-hybridized carbons (Fsp3) is 0.441. The molecule has 0 saturated carbocycles. The Morgan fingerprint density at radius 2 is 1.74 bits per heavy atom. The lowest BCUT2D eigenvalue weighted by atomic mass is 9.75. The first-order valence-electron chi connectivity index (χ1n) is 14.8. The fourth-order valence-electron chi connectivity index (χ4n) is 5.14. The first-order chi connectivity index (χ1) is 20.3. The Labute approximate surface area is 258 Å². The van der Waals surface area contributed by atoms with Crippen LogP contribution in [0.2, 0.25) is 0 Å². The highest BCUT2D eigenvalue weighted by Gasteiger charge is 2.41. The lowest BCUT2D eigenvalue weighted by Gasteiger charge is -2.38. The van der Waals surface area contributed by atoms with E-state index in [0.29, 0.717) is 42.5 Å². The van der Waals surface area contributed by atoms with Crippen LogP contribution in [0, 0.1) is 11.3 Å². The summed E-state index contributed by atoms with van der Waals surface area (Å²) < 4.78 is 5.48. The number of carboxylic acid groups (broad SMARTS) is 1. The number of aliphatic carboxylic acids is 1. The second-order valence-electron chi connectivity index (χ2n) is 13.0. The molecule has 0 bridgehead atoms. The van der Waals surface area contributed by atoms with Gasteiger partial charge in [0.2, 0.25) is 5.82 Å². The number of aromatic hydroxyl groups is 1. The number of carbonyl (C=O) groups is 1. The molecule has 8 nitrogen and oxygen atoms in total. The number of nitrogens with two attached hydrogens (primary N) is 1.